The molecule has 0 saturated carbocycles. The van der Waals surface area contributed by atoms with E-state index in [2.05, 4.69) is 9.05 Å². The molecular formula is C13H12Cl3O7P. The van der Waals surface area contributed by atoms with Crippen molar-refractivity contribution in [1.82, 2.24) is 0 Å². The van der Waals surface area contributed by atoms with Crippen molar-refractivity contribution in [2.45, 2.75) is 23.3 Å². The van der Waals surface area contributed by atoms with E-state index in [1.807, 2.05) is 0 Å². The van der Waals surface area contributed by atoms with Gasteiger partial charge in [0, 0.05) is 6.42 Å². The third-order valence-corrected chi connectivity index (χ3v) is 5.91. The van der Waals surface area contributed by atoms with E-state index in [0.717, 1.165) is 18.2 Å². The summed E-state index contributed by atoms with van der Waals surface area (Å²) in [6, 6.07) is 3.10. The van der Waals surface area contributed by atoms with E-state index >= 15 is 0 Å². The van der Waals surface area contributed by atoms with Crippen LogP contribution in [0.2, 0.25) is 0 Å². The quantitative estimate of drug-likeness (QED) is 0.419. The summed E-state index contributed by atoms with van der Waals surface area (Å²) >= 11 is 16.6. The predicted octanol–water partition coefficient (Wildman–Crippen LogP) is 4.23. The Balaban J connectivity index is 3.11. The standard InChI is InChI=1S/C13H12Cl3O7P/c1-2-3-11(19)22-24(21,13(14,15)16)23-12(20)8-4-5-10(18)9(6-8)7-17/h4-7,18H,2-3H2,1H3. The maximum absolute atomic E-state index is 12.5. The van der Waals surface area contributed by atoms with Crippen molar-refractivity contribution in [2.75, 3.05) is 0 Å². The van der Waals surface area contributed by atoms with Crippen LogP contribution in [0.25, 0.3) is 0 Å². The van der Waals surface area contributed by atoms with Gasteiger partial charge in [0.1, 0.15) is 5.75 Å². The highest BCUT2D eigenvalue weighted by atomic mass is 35.6. The molecule has 1 aromatic carbocycles. The Labute approximate surface area is 152 Å². The summed E-state index contributed by atoms with van der Waals surface area (Å²) in [6.07, 6.45) is 0.534. The maximum Gasteiger partial charge on any atom is 0.486 e. The average Bonchev–Trinajstić information content (AvgIpc) is 2.46. The number of halogens is 3. The highest BCUT2D eigenvalue weighted by Crippen LogP contribution is 2.67. The van der Waals surface area contributed by atoms with E-state index in [-0.39, 0.29) is 23.3 Å². The third kappa shape index (κ3) is 5.11. The first-order valence-corrected chi connectivity index (χ1v) is 9.13. The predicted molar refractivity (Wildman–Crippen MR) is 87.8 cm³/mol. The molecule has 1 atom stereocenters. The molecule has 0 spiro atoms. The lowest BCUT2D eigenvalue weighted by Gasteiger charge is -2.23. The molecule has 0 aliphatic carbocycles. The van der Waals surface area contributed by atoms with Gasteiger partial charge < -0.3 is 14.2 Å². The van der Waals surface area contributed by atoms with Gasteiger partial charge in [-0.3, -0.25) is 9.59 Å². The molecule has 0 heterocycles. The molecule has 0 amide bonds. The molecule has 0 radical (unpaired) electrons. The fraction of sp³-hybridized carbons (Fsp3) is 0.308. The summed E-state index contributed by atoms with van der Waals surface area (Å²) in [6.45, 7) is 1.66. The Hall–Kier alpha value is -1.27. The van der Waals surface area contributed by atoms with Gasteiger partial charge in [0.05, 0.1) is 11.1 Å². The van der Waals surface area contributed by atoms with Crippen LogP contribution in [-0.2, 0) is 18.4 Å². The van der Waals surface area contributed by atoms with Crippen LogP contribution >= 0.6 is 42.4 Å². The smallest absolute Gasteiger partial charge is 0.486 e. The number of hydrogen-bond acceptors (Lipinski definition) is 7. The van der Waals surface area contributed by atoms with Crippen molar-refractivity contribution in [3.05, 3.63) is 29.3 Å². The fourth-order valence-electron chi connectivity index (χ4n) is 1.44. The van der Waals surface area contributed by atoms with Crippen molar-refractivity contribution < 1.29 is 33.1 Å². The van der Waals surface area contributed by atoms with Crippen LogP contribution in [0.5, 0.6) is 5.75 Å². The van der Waals surface area contributed by atoms with Gasteiger partial charge in [-0.15, -0.1) is 0 Å². The summed E-state index contributed by atoms with van der Waals surface area (Å²) in [4.78, 5) is 34.4. The molecule has 7 nitrogen and oxygen atoms in total. The van der Waals surface area contributed by atoms with Gasteiger partial charge in [0.2, 0.25) is 0 Å². The number of aldehydes is 1. The number of benzene rings is 1. The minimum atomic E-state index is -4.80. The number of phenolic OH excluding ortho intramolecular Hbond substituents is 1. The van der Waals surface area contributed by atoms with Gasteiger partial charge in [-0.2, -0.15) is 0 Å². The van der Waals surface area contributed by atoms with E-state index < -0.39 is 23.1 Å². The molecule has 1 aromatic rings. The summed E-state index contributed by atoms with van der Waals surface area (Å²) in [5.41, 5.74) is -0.480. The number of aromatic hydroxyl groups is 1. The number of rotatable bonds is 6. The van der Waals surface area contributed by atoms with Crippen LogP contribution < -0.4 is 0 Å². The van der Waals surface area contributed by atoms with Gasteiger partial charge in [-0.1, -0.05) is 41.7 Å². The molecule has 0 bridgehead atoms. The van der Waals surface area contributed by atoms with E-state index in [4.69, 9.17) is 34.8 Å². The van der Waals surface area contributed by atoms with Crippen LogP contribution in [0.1, 0.15) is 40.5 Å². The minimum absolute atomic E-state index is 0.128. The Morgan fingerprint density at radius 1 is 1.29 bits per heavy atom. The second kappa shape index (κ2) is 8.21. The highest BCUT2D eigenvalue weighted by molar-refractivity contribution is 7.63. The molecule has 0 saturated heterocycles. The lowest BCUT2D eigenvalue weighted by molar-refractivity contribution is -0.134. The largest absolute Gasteiger partial charge is 0.507 e. The molecule has 24 heavy (non-hydrogen) atoms. The summed E-state index contributed by atoms with van der Waals surface area (Å²) in [7, 11) is -4.80. The topological polar surface area (TPSA) is 107 Å². The molecule has 11 heteroatoms. The molecule has 132 valence electrons. The number of carbonyl (C=O) groups is 3. The van der Waals surface area contributed by atoms with E-state index in [9.17, 15) is 24.1 Å². The van der Waals surface area contributed by atoms with Gasteiger partial charge in [-0.05, 0) is 24.6 Å². The summed E-state index contributed by atoms with van der Waals surface area (Å²) < 4.78 is 19.0. The molecule has 1 rings (SSSR count). The number of alkyl halides is 3. The van der Waals surface area contributed by atoms with Gasteiger partial charge in [-0.25, -0.2) is 9.36 Å². The van der Waals surface area contributed by atoms with Crippen molar-refractivity contribution >= 4 is 60.6 Å². The first-order valence-electron chi connectivity index (χ1n) is 6.45. The molecule has 1 N–H and O–H groups in total. The first kappa shape index (κ1) is 20.8. The molecule has 1 unspecified atom stereocenters. The minimum Gasteiger partial charge on any atom is -0.507 e. The zero-order valence-corrected chi connectivity index (χ0v) is 15.4. The lowest BCUT2D eigenvalue weighted by atomic mass is 10.1. The van der Waals surface area contributed by atoms with Crippen LogP contribution in [-0.4, -0.2) is 26.9 Å². The summed E-state index contributed by atoms with van der Waals surface area (Å²) in [5.74, 6) is -2.61. The fourth-order valence-corrected chi connectivity index (χ4v) is 2.99. The van der Waals surface area contributed by atoms with E-state index in [0.29, 0.717) is 12.7 Å². The SMILES string of the molecule is CCCC(=O)OP(=O)(OC(=O)c1ccc(O)c(C=O)c1)C(Cl)(Cl)Cl. The number of hydrogen-bond donors (Lipinski definition) is 1. The van der Waals surface area contributed by atoms with E-state index in [1.165, 1.54) is 0 Å². The van der Waals surface area contributed by atoms with Crippen molar-refractivity contribution in [3.63, 3.8) is 0 Å². The highest BCUT2D eigenvalue weighted by Gasteiger charge is 2.53. The third-order valence-electron chi connectivity index (χ3n) is 2.58. The Bertz CT molecular complexity index is 699. The monoisotopic (exact) mass is 416 g/mol. The van der Waals surface area contributed by atoms with Crippen LogP contribution in [0.15, 0.2) is 18.2 Å². The molecule has 0 aromatic heterocycles. The van der Waals surface area contributed by atoms with Gasteiger partial charge in [0.25, 0.3) is 0 Å². The van der Waals surface area contributed by atoms with Gasteiger partial charge >= 0.3 is 23.1 Å². The lowest BCUT2D eigenvalue weighted by Crippen LogP contribution is -2.17. The molecule has 0 fully saturated rings. The summed E-state index contributed by atoms with van der Waals surface area (Å²) in [5, 5.41) is 9.39. The van der Waals surface area contributed by atoms with Crippen molar-refractivity contribution in [1.29, 1.82) is 0 Å². The second-order valence-corrected chi connectivity index (χ2v) is 9.55. The normalized spacial score (nSPS) is 13.7. The number of carbonyl (C=O) groups excluding carboxylic acids is 3. The van der Waals surface area contributed by atoms with Crippen molar-refractivity contribution in [2.24, 2.45) is 0 Å². The molecule has 0 aliphatic heterocycles. The van der Waals surface area contributed by atoms with Crippen LogP contribution in [0, 0.1) is 0 Å². The van der Waals surface area contributed by atoms with Gasteiger partial charge in [0.15, 0.2) is 6.29 Å². The van der Waals surface area contributed by atoms with Crippen LogP contribution in [0.3, 0.4) is 0 Å². The Kier molecular flexibility index (Phi) is 7.10. The van der Waals surface area contributed by atoms with Crippen LogP contribution in [0.4, 0.5) is 0 Å². The number of phenols is 1. The Morgan fingerprint density at radius 2 is 1.92 bits per heavy atom. The Morgan fingerprint density at radius 3 is 2.42 bits per heavy atom. The molecular weight excluding hydrogens is 405 g/mol. The second-order valence-electron chi connectivity index (χ2n) is 4.45. The average molecular weight is 418 g/mol. The zero-order chi connectivity index (χ0) is 18.5. The van der Waals surface area contributed by atoms with Crippen molar-refractivity contribution in [3.8, 4) is 5.75 Å². The van der Waals surface area contributed by atoms with E-state index in [1.54, 1.807) is 6.92 Å². The maximum atomic E-state index is 12.5. The molecule has 0 aliphatic rings. The zero-order valence-electron chi connectivity index (χ0n) is 12.2. The first-order chi connectivity index (χ1) is 11.0.